The molecule has 3 atom stereocenters. The smallest absolute Gasteiger partial charge is 0.224 e. The Bertz CT molecular complexity index is 859. The highest BCUT2D eigenvalue weighted by atomic mass is 16.2. The Morgan fingerprint density at radius 2 is 2.15 bits per heavy atom. The van der Waals surface area contributed by atoms with E-state index in [1.54, 1.807) is 0 Å². The fourth-order valence-corrected chi connectivity index (χ4v) is 5.29. The van der Waals surface area contributed by atoms with Crippen LogP contribution in [0.4, 0.5) is 0 Å². The van der Waals surface area contributed by atoms with Gasteiger partial charge in [-0.3, -0.25) is 4.79 Å². The van der Waals surface area contributed by atoms with Crippen LogP contribution in [-0.4, -0.2) is 56.0 Å². The average Bonchev–Trinajstić information content (AvgIpc) is 3.16. The van der Waals surface area contributed by atoms with E-state index in [-0.39, 0.29) is 6.04 Å². The largest absolute Gasteiger partial charge is 0.332 e. The van der Waals surface area contributed by atoms with Crippen molar-refractivity contribution in [2.24, 2.45) is 0 Å². The van der Waals surface area contributed by atoms with Crippen molar-refractivity contribution in [1.29, 1.82) is 0 Å². The van der Waals surface area contributed by atoms with Crippen molar-refractivity contribution in [3.05, 3.63) is 29.2 Å². The lowest BCUT2D eigenvalue weighted by Gasteiger charge is -2.39. The molecule has 3 aliphatic heterocycles. The first kappa shape index (κ1) is 16.2. The number of carbonyl (C=O) groups excluding carboxylic acids is 1. The molecule has 0 aromatic carbocycles. The first-order valence-electron chi connectivity index (χ1n) is 9.97. The van der Waals surface area contributed by atoms with E-state index in [9.17, 15) is 4.79 Å². The van der Waals surface area contributed by atoms with Gasteiger partial charge in [-0.1, -0.05) is 6.42 Å². The maximum atomic E-state index is 13.2. The van der Waals surface area contributed by atoms with Gasteiger partial charge < -0.3 is 9.80 Å². The molecule has 26 heavy (non-hydrogen) atoms. The number of likely N-dealkylation sites (tertiary alicyclic amines) is 1. The summed E-state index contributed by atoms with van der Waals surface area (Å²) in [5, 5.41) is 4.64. The normalized spacial score (nSPS) is 28.5. The molecule has 2 saturated heterocycles. The highest BCUT2D eigenvalue weighted by molar-refractivity contribution is 5.78. The summed E-state index contributed by atoms with van der Waals surface area (Å²) in [4.78, 5) is 22.4. The van der Waals surface area contributed by atoms with Crippen LogP contribution in [0, 0.1) is 6.92 Å². The average molecular weight is 353 g/mol. The Morgan fingerprint density at radius 3 is 3.00 bits per heavy atom. The van der Waals surface area contributed by atoms with Gasteiger partial charge in [-0.25, -0.2) is 9.50 Å². The molecule has 2 aromatic heterocycles. The number of piperidine rings is 1. The van der Waals surface area contributed by atoms with Crippen LogP contribution in [0.3, 0.4) is 0 Å². The van der Waals surface area contributed by atoms with E-state index in [0.717, 1.165) is 43.6 Å². The molecule has 1 amide bonds. The summed E-state index contributed by atoms with van der Waals surface area (Å²) in [6.45, 7) is 3.13. The van der Waals surface area contributed by atoms with Crippen LogP contribution in [0.2, 0.25) is 0 Å². The molecule has 0 saturated carbocycles. The zero-order chi connectivity index (χ0) is 17.8. The summed E-state index contributed by atoms with van der Waals surface area (Å²) in [6, 6.07) is 2.94. The highest BCUT2D eigenvalue weighted by Crippen LogP contribution is 2.44. The minimum atomic E-state index is 0.187. The van der Waals surface area contributed by atoms with E-state index in [0.29, 0.717) is 24.4 Å². The van der Waals surface area contributed by atoms with Gasteiger partial charge in [0.25, 0.3) is 0 Å². The molecule has 0 aliphatic carbocycles. The van der Waals surface area contributed by atoms with Crippen molar-refractivity contribution in [1.82, 2.24) is 24.4 Å². The monoisotopic (exact) mass is 353 g/mol. The highest BCUT2D eigenvalue weighted by Gasteiger charge is 2.44. The Morgan fingerprint density at radius 1 is 1.27 bits per heavy atom. The maximum absolute atomic E-state index is 13.2. The van der Waals surface area contributed by atoms with Crippen molar-refractivity contribution in [3.8, 4) is 0 Å². The Balaban J connectivity index is 1.44. The van der Waals surface area contributed by atoms with Crippen LogP contribution < -0.4 is 0 Å². The molecule has 0 spiro atoms. The molecular formula is C20H27N5O. The number of hydrogen-bond donors (Lipinski definition) is 0. The van der Waals surface area contributed by atoms with Gasteiger partial charge in [0.15, 0.2) is 5.65 Å². The molecule has 0 radical (unpaired) electrons. The molecular weight excluding hydrogens is 326 g/mol. The number of aromatic nitrogens is 3. The lowest BCUT2D eigenvalue weighted by atomic mass is 9.96. The van der Waals surface area contributed by atoms with Crippen LogP contribution in [0.5, 0.6) is 0 Å². The Kier molecular flexibility index (Phi) is 3.78. The van der Waals surface area contributed by atoms with Gasteiger partial charge >= 0.3 is 0 Å². The van der Waals surface area contributed by atoms with E-state index in [2.05, 4.69) is 26.9 Å². The van der Waals surface area contributed by atoms with Gasteiger partial charge in [-0.15, -0.1) is 0 Å². The molecule has 138 valence electrons. The molecule has 3 unspecified atom stereocenters. The molecule has 2 aromatic rings. The summed E-state index contributed by atoms with van der Waals surface area (Å²) >= 11 is 0. The van der Waals surface area contributed by atoms with Gasteiger partial charge in [0.05, 0.1) is 17.4 Å². The Labute approximate surface area is 154 Å². The predicted molar refractivity (Wildman–Crippen MR) is 98.9 cm³/mol. The standard InChI is InChI=1S/C20H27N5O/c1-13-9-19-21-12-16-17-7-6-15(10-18(16)25(19)22-13)24(17)20(26)11-14-5-3-4-8-23(14)2/h9,12,14-15,17H,3-8,10-11H2,1-2H3. The van der Waals surface area contributed by atoms with E-state index in [1.165, 1.54) is 24.1 Å². The van der Waals surface area contributed by atoms with Crippen LogP contribution >= 0.6 is 0 Å². The topological polar surface area (TPSA) is 53.7 Å². The number of hydrogen-bond acceptors (Lipinski definition) is 4. The number of carbonyl (C=O) groups is 1. The first-order chi connectivity index (χ1) is 12.6. The van der Waals surface area contributed by atoms with Crippen molar-refractivity contribution >= 4 is 11.6 Å². The third-order valence-corrected chi connectivity index (χ3v) is 6.65. The molecule has 3 aliphatic rings. The number of amides is 1. The second kappa shape index (κ2) is 6.05. The van der Waals surface area contributed by atoms with Gasteiger partial charge in [0.1, 0.15) is 0 Å². The van der Waals surface area contributed by atoms with Crippen molar-refractivity contribution in [2.45, 2.75) is 70.0 Å². The Hall–Kier alpha value is -1.95. The fourth-order valence-electron chi connectivity index (χ4n) is 5.29. The van der Waals surface area contributed by atoms with Crippen molar-refractivity contribution < 1.29 is 4.79 Å². The molecule has 2 bridgehead atoms. The van der Waals surface area contributed by atoms with Crippen LogP contribution in [-0.2, 0) is 11.2 Å². The summed E-state index contributed by atoms with van der Waals surface area (Å²) in [6.07, 6.45) is 9.35. The minimum absolute atomic E-state index is 0.187. The van der Waals surface area contributed by atoms with E-state index >= 15 is 0 Å². The second-order valence-electron chi connectivity index (χ2n) is 8.30. The van der Waals surface area contributed by atoms with Crippen LogP contribution in [0.25, 0.3) is 5.65 Å². The maximum Gasteiger partial charge on any atom is 0.224 e. The molecule has 0 N–H and O–H groups in total. The molecule has 5 rings (SSSR count). The zero-order valence-electron chi connectivity index (χ0n) is 15.7. The molecule has 6 nitrogen and oxygen atoms in total. The van der Waals surface area contributed by atoms with Crippen molar-refractivity contribution in [2.75, 3.05) is 13.6 Å². The minimum Gasteiger partial charge on any atom is -0.332 e. The fraction of sp³-hybridized carbons (Fsp3) is 0.650. The number of nitrogens with zero attached hydrogens (tertiary/aromatic N) is 5. The summed E-state index contributed by atoms with van der Waals surface area (Å²) in [5.41, 5.74) is 4.38. The number of aryl methyl sites for hydroxylation is 1. The number of fused-ring (bicyclic) bond motifs is 6. The van der Waals surface area contributed by atoms with E-state index in [1.807, 2.05) is 23.7 Å². The SMILES string of the molecule is Cc1cc2ncc3c(n2n1)CC1CCC3N1C(=O)CC1CCCCN1C. The predicted octanol–water partition coefficient (Wildman–Crippen LogP) is 2.50. The summed E-state index contributed by atoms with van der Waals surface area (Å²) in [7, 11) is 2.16. The van der Waals surface area contributed by atoms with Gasteiger partial charge in [0, 0.05) is 42.8 Å². The summed E-state index contributed by atoms with van der Waals surface area (Å²) in [5.74, 6) is 0.332. The molecule has 6 heteroatoms. The molecule has 2 fully saturated rings. The van der Waals surface area contributed by atoms with Gasteiger partial charge in [-0.05, 0) is 46.2 Å². The van der Waals surface area contributed by atoms with Gasteiger partial charge in [0.2, 0.25) is 5.91 Å². The van der Waals surface area contributed by atoms with Gasteiger partial charge in [-0.2, -0.15) is 5.10 Å². The molecule has 5 heterocycles. The van der Waals surface area contributed by atoms with Crippen molar-refractivity contribution in [3.63, 3.8) is 0 Å². The quantitative estimate of drug-likeness (QED) is 0.832. The van der Waals surface area contributed by atoms with Crippen LogP contribution in [0.15, 0.2) is 12.3 Å². The second-order valence-corrected chi connectivity index (χ2v) is 8.30. The third kappa shape index (κ3) is 2.46. The van der Waals surface area contributed by atoms with Crippen LogP contribution in [0.1, 0.15) is 61.5 Å². The third-order valence-electron chi connectivity index (χ3n) is 6.65. The van der Waals surface area contributed by atoms with E-state index in [4.69, 9.17) is 0 Å². The zero-order valence-corrected chi connectivity index (χ0v) is 15.7. The number of rotatable bonds is 2. The lowest BCUT2D eigenvalue weighted by Crippen LogP contribution is -2.46. The van der Waals surface area contributed by atoms with E-state index < -0.39 is 0 Å². The first-order valence-corrected chi connectivity index (χ1v) is 9.97. The lowest BCUT2D eigenvalue weighted by molar-refractivity contribution is -0.136. The summed E-state index contributed by atoms with van der Waals surface area (Å²) < 4.78 is 2.01.